The van der Waals surface area contributed by atoms with Gasteiger partial charge in [0.25, 0.3) is 5.91 Å². The Morgan fingerprint density at radius 3 is 2.78 bits per heavy atom. The third kappa shape index (κ3) is 3.77. The van der Waals surface area contributed by atoms with E-state index >= 15 is 0 Å². The summed E-state index contributed by atoms with van der Waals surface area (Å²) in [7, 11) is 0. The van der Waals surface area contributed by atoms with Gasteiger partial charge in [0.2, 0.25) is 11.8 Å². The van der Waals surface area contributed by atoms with E-state index in [2.05, 4.69) is 4.98 Å². The number of hydrogen-bond donors (Lipinski definition) is 0. The van der Waals surface area contributed by atoms with Crippen LogP contribution in [0.5, 0.6) is 5.88 Å². The lowest BCUT2D eigenvalue weighted by atomic mass is 10.2. The minimum atomic E-state index is -0.415. The second-order valence-corrected chi connectivity index (χ2v) is 6.09. The molecule has 23 heavy (non-hydrogen) atoms. The molecule has 1 aromatic heterocycles. The average Bonchev–Trinajstić information content (AvgIpc) is 3.05. The van der Waals surface area contributed by atoms with Gasteiger partial charge in [-0.15, -0.1) is 11.8 Å². The smallest absolute Gasteiger partial charge is 0.260 e. The number of ether oxygens (including phenoxy) is 1. The number of rotatable bonds is 6. The standard InChI is InChI=1S/C16H23N3O3S/c1-4-18(5-2)16(21)13-10-23-11-19(13)15(20)12-8-7-9-17-14(12)22-6-3/h7-9,13H,4-6,10-11H2,1-3H3. The molecule has 1 aliphatic rings. The van der Waals surface area contributed by atoms with E-state index in [0.717, 1.165) is 0 Å². The van der Waals surface area contributed by atoms with Gasteiger partial charge >= 0.3 is 0 Å². The van der Waals surface area contributed by atoms with E-state index < -0.39 is 6.04 Å². The maximum atomic E-state index is 12.9. The van der Waals surface area contributed by atoms with Crippen molar-refractivity contribution in [3.8, 4) is 5.88 Å². The molecule has 0 spiro atoms. The molecule has 1 fully saturated rings. The number of hydrogen-bond acceptors (Lipinski definition) is 5. The van der Waals surface area contributed by atoms with Crippen molar-refractivity contribution in [1.82, 2.24) is 14.8 Å². The van der Waals surface area contributed by atoms with Gasteiger partial charge in [-0.1, -0.05) is 0 Å². The van der Waals surface area contributed by atoms with Crippen LogP contribution in [-0.4, -0.2) is 64.0 Å². The Bertz CT molecular complexity index is 563. The van der Waals surface area contributed by atoms with E-state index in [-0.39, 0.29) is 11.8 Å². The summed E-state index contributed by atoms with van der Waals surface area (Å²) < 4.78 is 5.44. The van der Waals surface area contributed by atoms with Gasteiger partial charge in [0.15, 0.2) is 0 Å². The lowest BCUT2D eigenvalue weighted by Crippen LogP contribution is -2.49. The molecule has 1 atom stereocenters. The lowest BCUT2D eigenvalue weighted by molar-refractivity contribution is -0.134. The van der Waals surface area contributed by atoms with Gasteiger partial charge in [0.05, 0.1) is 12.5 Å². The van der Waals surface area contributed by atoms with Crippen molar-refractivity contribution < 1.29 is 14.3 Å². The normalized spacial score (nSPS) is 17.2. The third-order valence-electron chi connectivity index (χ3n) is 3.79. The number of aromatic nitrogens is 1. The summed E-state index contributed by atoms with van der Waals surface area (Å²) in [6, 6.07) is 2.99. The fraction of sp³-hybridized carbons (Fsp3) is 0.562. The summed E-state index contributed by atoms with van der Waals surface area (Å²) in [5, 5.41) is 0. The fourth-order valence-corrected chi connectivity index (χ4v) is 3.70. The molecular formula is C16H23N3O3S. The number of pyridine rings is 1. The first-order chi connectivity index (χ1) is 11.1. The highest BCUT2D eigenvalue weighted by Crippen LogP contribution is 2.27. The number of nitrogens with zero attached hydrogens (tertiary/aromatic N) is 3. The molecule has 0 bridgehead atoms. The Morgan fingerprint density at radius 1 is 1.39 bits per heavy atom. The van der Waals surface area contributed by atoms with Gasteiger partial charge in [0.1, 0.15) is 11.6 Å². The van der Waals surface area contributed by atoms with Crippen molar-refractivity contribution in [2.45, 2.75) is 26.8 Å². The number of carbonyl (C=O) groups is 2. The fourth-order valence-electron chi connectivity index (χ4n) is 2.55. The van der Waals surface area contributed by atoms with Crippen LogP contribution >= 0.6 is 11.8 Å². The van der Waals surface area contributed by atoms with Gasteiger partial charge in [-0.05, 0) is 32.9 Å². The van der Waals surface area contributed by atoms with Crippen LogP contribution in [0.2, 0.25) is 0 Å². The molecule has 7 heteroatoms. The van der Waals surface area contributed by atoms with Crippen LogP contribution in [0.15, 0.2) is 18.3 Å². The monoisotopic (exact) mass is 337 g/mol. The number of thioether (sulfide) groups is 1. The highest BCUT2D eigenvalue weighted by Gasteiger charge is 2.37. The Morgan fingerprint density at radius 2 is 2.13 bits per heavy atom. The average molecular weight is 337 g/mol. The van der Waals surface area contributed by atoms with Crippen molar-refractivity contribution in [2.75, 3.05) is 31.3 Å². The molecule has 6 nitrogen and oxygen atoms in total. The minimum Gasteiger partial charge on any atom is -0.477 e. The summed E-state index contributed by atoms with van der Waals surface area (Å²) in [5.41, 5.74) is 0.411. The summed E-state index contributed by atoms with van der Waals surface area (Å²) in [4.78, 5) is 33.0. The van der Waals surface area contributed by atoms with Gasteiger partial charge in [-0.3, -0.25) is 9.59 Å². The molecule has 2 amide bonds. The third-order valence-corrected chi connectivity index (χ3v) is 4.80. The molecule has 1 aromatic rings. The maximum absolute atomic E-state index is 12.9. The predicted molar refractivity (Wildman–Crippen MR) is 90.6 cm³/mol. The van der Waals surface area contributed by atoms with Gasteiger partial charge < -0.3 is 14.5 Å². The van der Waals surface area contributed by atoms with Crippen LogP contribution in [0.3, 0.4) is 0 Å². The van der Waals surface area contributed by atoms with E-state index in [4.69, 9.17) is 4.74 Å². The largest absolute Gasteiger partial charge is 0.477 e. The van der Waals surface area contributed by atoms with E-state index in [1.165, 1.54) is 0 Å². The van der Waals surface area contributed by atoms with Crippen molar-refractivity contribution in [1.29, 1.82) is 0 Å². The molecule has 0 saturated carbocycles. The van der Waals surface area contributed by atoms with E-state index in [1.54, 1.807) is 39.9 Å². The second-order valence-electron chi connectivity index (χ2n) is 5.09. The summed E-state index contributed by atoms with van der Waals surface area (Å²) in [6.07, 6.45) is 1.60. The molecule has 1 aliphatic heterocycles. The zero-order valence-electron chi connectivity index (χ0n) is 13.8. The highest BCUT2D eigenvalue weighted by molar-refractivity contribution is 7.99. The topological polar surface area (TPSA) is 62.7 Å². The van der Waals surface area contributed by atoms with E-state index in [9.17, 15) is 9.59 Å². The molecule has 0 aliphatic carbocycles. The van der Waals surface area contributed by atoms with Crippen molar-refractivity contribution in [3.63, 3.8) is 0 Å². The minimum absolute atomic E-state index is 0.00944. The molecule has 126 valence electrons. The molecule has 1 saturated heterocycles. The Labute approximate surface area is 141 Å². The molecule has 2 rings (SSSR count). The molecular weight excluding hydrogens is 314 g/mol. The zero-order valence-corrected chi connectivity index (χ0v) is 14.6. The Hall–Kier alpha value is -1.76. The SMILES string of the molecule is CCOc1ncccc1C(=O)N1CSCC1C(=O)N(CC)CC. The number of amides is 2. The first kappa shape index (κ1) is 17.6. The molecule has 0 radical (unpaired) electrons. The van der Waals surface area contributed by atoms with Gasteiger partial charge in [-0.2, -0.15) is 0 Å². The highest BCUT2D eigenvalue weighted by atomic mass is 32.2. The first-order valence-corrected chi connectivity index (χ1v) is 9.04. The Balaban J connectivity index is 2.23. The lowest BCUT2D eigenvalue weighted by Gasteiger charge is -2.28. The summed E-state index contributed by atoms with van der Waals surface area (Å²) in [5.74, 6) is 1.28. The van der Waals surface area contributed by atoms with Crippen LogP contribution in [0, 0.1) is 0 Å². The van der Waals surface area contributed by atoms with Crippen molar-refractivity contribution in [3.05, 3.63) is 23.9 Å². The van der Waals surface area contributed by atoms with Crippen LogP contribution in [0.25, 0.3) is 0 Å². The number of carbonyl (C=O) groups excluding carboxylic acids is 2. The van der Waals surface area contributed by atoms with Gasteiger partial charge in [-0.25, -0.2) is 4.98 Å². The van der Waals surface area contributed by atoms with E-state index in [0.29, 0.717) is 42.8 Å². The van der Waals surface area contributed by atoms with Crippen LogP contribution in [0.1, 0.15) is 31.1 Å². The zero-order chi connectivity index (χ0) is 16.8. The maximum Gasteiger partial charge on any atom is 0.260 e. The summed E-state index contributed by atoms with van der Waals surface area (Å²) >= 11 is 1.60. The predicted octanol–water partition coefficient (Wildman–Crippen LogP) is 1.86. The van der Waals surface area contributed by atoms with E-state index in [1.807, 2.05) is 20.8 Å². The number of likely N-dealkylation sites (N-methyl/N-ethyl adjacent to an activating group) is 1. The first-order valence-electron chi connectivity index (χ1n) is 7.89. The molecule has 0 N–H and O–H groups in total. The van der Waals surface area contributed by atoms with Crippen LogP contribution < -0.4 is 4.74 Å². The Kier molecular flexibility index (Phi) is 6.27. The molecule has 2 heterocycles. The van der Waals surface area contributed by atoms with Crippen molar-refractivity contribution >= 4 is 23.6 Å². The van der Waals surface area contributed by atoms with Gasteiger partial charge in [0, 0.05) is 25.0 Å². The molecule has 1 unspecified atom stereocenters. The molecule has 0 aromatic carbocycles. The van der Waals surface area contributed by atoms with Crippen LogP contribution in [-0.2, 0) is 4.79 Å². The summed E-state index contributed by atoms with van der Waals surface area (Å²) in [6.45, 7) is 7.48. The van der Waals surface area contributed by atoms with Crippen molar-refractivity contribution in [2.24, 2.45) is 0 Å². The van der Waals surface area contributed by atoms with Crippen LogP contribution in [0.4, 0.5) is 0 Å². The second kappa shape index (κ2) is 8.19. The quantitative estimate of drug-likeness (QED) is 0.793.